The first kappa shape index (κ1) is 12.4. The maximum absolute atomic E-state index is 12.5. The molecular weight excluding hydrogens is 225 g/mol. The first-order valence-electron chi connectivity index (χ1n) is 4.22. The third kappa shape index (κ3) is 2.46. The maximum atomic E-state index is 12.5. The van der Waals surface area contributed by atoms with Crippen molar-refractivity contribution < 1.29 is 18.3 Å². The summed E-state index contributed by atoms with van der Waals surface area (Å²) in [5.74, 6) is 0. The average molecular weight is 236 g/mol. The van der Waals surface area contributed by atoms with Gasteiger partial charge in [-0.2, -0.15) is 13.2 Å². The predicted octanol–water partition coefficient (Wildman–Crippen LogP) is 3.18. The van der Waals surface area contributed by atoms with Crippen LogP contribution < -0.4 is 0 Å². The molecule has 15 heavy (non-hydrogen) atoms. The van der Waals surface area contributed by atoms with Crippen molar-refractivity contribution in [2.45, 2.75) is 23.6 Å². The lowest BCUT2D eigenvalue weighted by atomic mass is 9.96. The maximum Gasteiger partial charge on any atom is 0.421 e. The van der Waals surface area contributed by atoms with Crippen molar-refractivity contribution in [1.82, 2.24) is 0 Å². The minimum atomic E-state index is -4.66. The molecule has 0 fully saturated rings. The zero-order valence-corrected chi connectivity index (χ0v) is 9.12. The molecule has 1 rings (SSSR count). The van der Waals surface area contributed by atoms with Crippen molar-refractivity contribution in [3.63, 3.8) is 0 Å². The van der Waals surface area contributed by atoms with E-state index in [4.69, 9.17) is 0 Å². The molecule has 1 unspecified atom stereocenters. The van der Waals surface area contributed by atoms with Gasteiger partial charge in [0.1, 0.15) is 0 Å². The number of rotatable bonds is 2. The monoisotopic (exact) mass is 236 g/mol. The average Bonchev–Trinajstić information content (AvgIpc) is 2.16. The van der Waals surface area contributed by atoms with E-state index in [1.54, 1.807) is 12.3 Å². The molecule has 1 N–H and O–H groups in total. The zero-order chi connectivity index (χ0) is 11.7. The van der Waals surface area contributed by atoms with Crippen LogP contribution in [0.15, 0.2) is 29.2 Å². The summed E-state index contributed by atoms with van der Waals surface area (Å²) >= 11 is 1.33. The van der Waals surface area contributed by atoms with Gasteiger partial charge in [0.2, 0.25) is 0 Å². The second-order valence-electron chi connectivity index (χ2n) is 3.30. The Morgan fingerprint density at radius 1 is 1.27 bits per heavy atom. The van der Waals surface area contributed by atoms with E-state index in [0.29, 0.717) is 4.90 Å². The highest BCUT2D eigenvalue weighted by Crippen LogP contribution is 2.39. The summed E-state index contributed by atoms with van der Waals surface area (Å²) in [5, 5.41) is 9.41. The van der Waals surface area contributed by atoms with Crippen LogP contribution in [0.5, 0.6) is 0 Å². The molecule has 0 aliphatic heterocycles. The molecule has 0 aliphatic rings. The van der Waals surface area contributed by atoms with Gasteiger partial charge in [-0.1, -0.05) is 12.1 Å². The Balaban J connectivity index is 3.15. The highest BCUT2D eigenvalue weighted by atomic mass is 32.2. The molecule has 0 radical (unpaired) electrons. The number of hydrogen-bond acceptors (Lipinski definition) is 2. The molecule has 1 aromatic carbocycles. The minimum Gasteiger partial charge on any atom is -0.376 e. The van der Waals surface area contributed by atoms with Crippen molar-refractivity contribution >= 4 is 11.8 Å². The van der Waals surface area contributed by atoms with Crippen LogP contribution in [0.1, 0.15) is 12.5 Å². The van der Waals surface area contributed by atoms with Gasteiger partial charge >= 0.3 is 6.18 Å². The molecule has 5 heteroatoms. The van der Waals surface area contributed by atoms with Crippen LogP contribution in [0.25, 0.3) is 0 Å². The Hall–Kier alpha value is -0.680. The van der Waals surface area contributed by atoms with E-state index < -0.39 is 11.8 Å². The van der Waals surface area contributed by atoms with Crippen LogP contribution >= 0.6 is 11.8 Å². The van der Waals surface area contributed by atoms with Crippen LogP contribution in [0.4, 0.5) is 13.2 Å². The molecule has 0 saturated heterocycles. The van der Waals surface area contributed by atoms with Gasteiger partial charge in [0.05, 0.1) is 0 Å². The lowest BCUT2D eigenvalue weighted by Crippen LogP contribution is -2.39. The number of hydrogen-bond donors (Lipinski definition) is 1. The van der Waals surface area contributed by atoms with E-state index in [1.807, 2.05) is 0 Å². The highest BCUT2D eigenvalue weighted by molar-refractivity contribution is 7.98. The third-order valence-electron chi connectivity index (χ3n) is 2.18. The van der Waals surface area contributed by atoms with Crippen LogP contribution in [0.2, 0.25) is 0 Å². The summed E-state index contributed by atoms with van der Waals surface area (Å²) in [6.45, 7) is 0.756. The molecule has 0 aromatic heterocycles. The van der Waals surface area contributed by atoms with E-state index in [9.17, 15) is 18.3 Å². The molecule has 84 valence electrons. The molecule has 0 bridgehead atoms. The highest BCUT2D eigenvalue weighted by Gasteiger charge is 2.51. The molecular formula is C10H11F3OS. The van der Waals surface area contributed by atoms with Gasteiger partial charge in [-0.05, 0) is 30.9 Å². The molecule has 1 nitrogen and oxygen atoms in total. The van der Waals surface area contributed by atoms with Crippen molar-refractivity contribution in [1.29, 1.82) is 0 Å². The van der Waals surface area contributed by atoms with Gasteiger partial charge in [-0.25, -0.2) is 0 Å². The quantitative estimate of drug-likeness (QED) is 0.796. The Bertz CT molecular complexity index is 347. The van der Waals surface area contributed by atoms with Crippen LogP contribution in [-0.4, -0.2) is 17.5 Å². The van der Waals surface area contributed by atoms with Gasteiger partial charge in [0.25, 0.3) is 0 Å². The minimum absolute atomic E-state index is 0.137. The SMILES string of the molecule is CSc1cccc(C(C)(O)C(F)(F)F)c1. The number of alkyl halides is 3. The second kappa shape index (κ2) is 4.06. The smallest absolute Gasteiger partial charge is 0.376 e. The standard InChI is InChI=1S/C10H11F3OS/c1-9(14,10(11,12)13)7-4-3-5-8(6-7)15-2/h3-6,14H,1-2H3. The van der Waals surface area contributed by atoms with Gasteiger partial charge < -0.3 is 5.11 Å². The fourth-order valence-corrected chi connectivity index (χ4v) is 1.55. The normalized spacial score (nSPS) is 16.1. The number of aliphatic hydroxyl groups is 1. The zero-order valence-electron chi connectivity index (χ0n) is 8.30. The number of thioether (sulfide) groups is 1. The largest absolute Gasteiger partial charge is 0.421 e. The molecule has 0 spiro atoms. The Labute approximate surface area is 90.3 Å². The van der Waals surface area contributed by atoms with Gasteiger partial charge in [-0.15, -0.1) is 11.8 Å². The molecule has 0 amide bonds. The summed E-state index contributed by atoms with van der Waals surface area (Å²) in [6, 6.07) is 5.81. The van der Waals surface area contributed by atoms with Crippen molar-refractivity contribution in [3.05, 3.63) is 29.8 Å². The van der Waals surface area contributed by atoms with Gasteiger partial charge in [0.15, 0.2) is 5.60 Å². The first-order chi connectivity index (χ1) is 6.79. The van der Waals surface area contributed by atoms with Crippen LogP contribution in [-0.2, 0) is 5.60 Å². The van der Waals surface area contributed by atoms with Crippen molar-refractivity contribution in [3.8, 4) is 0 Å². The lowest BCUT2D eigenvalue weighted by Gasteiger charge is -2.26. The molecule has 1 aromatic rings. The summed E-state index contributed by atoms with van der Waals surface area (Å²) in [5.41, 5.74) is -2.93. The Morgan fingerprint density at radius 3 is 2.33 bits per heavy atom. The topological polar surface area (TPSA) is 20.2 Å². The molecule has 0 heterocycles. The fraction of sp³-hybridized carbons (Fsp3) is 0.400. The van der Waals surface area contributed by atoms with Crippen molar-refractivity contribution in [2.24, 2.45) is 0 Å². The Kier molecular flexibility index (Phi) is 3.35. The van der Waals surface area contributed by atoms with Crippen molar-refractivity contribution in [2.75, 3.05) is 6.26 Å². The van der Waals surface area contributed by atoms with E-state index in [0.717, 1.165) is 6.92 Å². The molecule has 0 saturated carbocycles. The summed E-state index contributed by atoms with van der Waals surface area (Å²) in [4.78, 5) is 0.692. The van der Waals surface area contributed by atoms with Crippen LogP contribution in [0, 0.1) is 0 Å². The third-order valence-corrected chi connectivity index (χ3v) is 2.91. The first-order valence-corrected chi connectivity index (χ1v) is 5.45. The van der Waals surface area contributed by atoms with Crippen LogP contribution in [0.3, 0.4) is 0 Å². The number of halogens is 3. The number of benzene rings is 1. The van der Waals surface area contributed by atoms with Gasteiger partial charge in [-0.3, -0.25) is 0 Å². The molecule has 1 atom stereocenters. The predicted molar refractivity (Wildman–Crippen MR) is 53.8 cm³/mol. The van der Waals surface area contributed by atoms with E-state index in [2.05, 4.69) is 0 Å². The fourth-order valence-electron chi connectivity index (χ4n) is 1.09. The van der Waals surface area contributed by atoms with E-state index in [1.165, 1.54) is 30.0 Å². The summed E-state index contributed by atoms with van der Waals surface area (Å²) in [7, 11) is 0. The molecule has 0 aliphatic carbocycles. The summed E-state index contributed by atoms with van der Waals surface area (Å²) in [6.07, 6.45) is -2.90. The van der Waals surface area contributed by atoms with Gasteiger partial charge in [0, 0.05) is 4.90 Å². The second-order valence-corrected chi connectivity index (χ2v) is 4.18. The van der Waals surface area contributed by atoms with E-state index in [-0.39, 0.29) is 5.56 Å². The Morgan fingerprint density at radius 2 is 1.87 bits per heavy atom. The lowest BCUT2D eigenvalue weighted by molar-refractivity contribution is -0.258. The van der Waals surface area contributed by atoms with E-state index >= 15 is 0 Å². The summed E-state index contributed by atoms with van der Waals surface area (Å²) < 4.78 is 37.5.